The standard InChI is InChI=1S/C30H25N7O13S4/c1-15-3-5-17(6-4-15)32-37-29-26(54(48,49)50)13-20-25(53(45,46)47)14-23(28(31)27(20)30(29)38)36-33-18-7-9-21(16(2)11-18)34-35-22-12-19(51(39,40)41)8-10-24(22)52(42,43)44/h3-14,38H,31H2,1-2H3,(H,39,40,41)(H,42,43,44)(H,45,46,47)(H,48,49,50). The van der Waals surface area contributed by atoms with Crippen LogP contribution in [-0.2, 0) is 40.5 Å². The molecule has 0 aliphatic heterocycles. The quantitative estimate of drug-likeness (QED) is 0.0470. The van der Waals surface area contributed by atoms with Crippen LogP contribution in [-0.4, -0.2) is 57.0 Å². The molecule has 0 radical (unpaired) electrons. The second kappa shape index (κ2) is 14.3. The van der Waals surface area contributed by atoms with Gasteiger partial charge in [0, 0.05) is 5.39 Å². The van der Waals surface area contributed by atoms with Crippen molar-refractivity contribution >= 4 is 91.1 Å². The van der Waals surface area contributed by atoms with Gasteiger partial charge in [-0.2, -0.15) is 49.0 Å². The molecule has 0 atom stereocenters. The summed E-state index contributed by atoms with van der Waals surface area (Å²) in [6.45, 7) is 3.30. The Morgan fingerprint density at radius 1 is 0.519 bits per heavy atom. The molecule has 0 aliphatic carbocycles. The average Bonchev–Trinajstić information content (AvgIpc) is 3.05. The van der Waals surface area contributed by atoms with Crippen LogP contribution < -0.4 is 5.73 Å². The molecule has 0 unspecified atom stereocenters. The van der Waals surface area contributed by atoms with Crippen molar-refractivity contribution in [3.63, 3.8) is 0 Å². The Hall–Kier alpha value is -5.60. The van der Waals surface area contributed by atoms with Crippen molar-refractivity contribution in [2.24, 2.45) is 30.7 Å². The molecule has 0 saturated heterocycles. The summed E-state index contributed by atoms with van der Waals surface area (Å²) in [6, 6.07) is 13.9. The maximum atomic E-state index is 12.5. The largest absolute Gasteiger partial charge is 0.505 e. The van der Waals surface area contributed by atoms with Gasteiger partial charge in [-0.1, -0.05) is 17.7 Å². The molecule has 54 heavy (non-hydrogen) atoms. The minimum atomic E-state index is -5.19. The fraction of sp³-hybridized carbons (Fsp3) is 0.0667. The molecule has 5 rings (SSSR count). The van der Waals surface area contributed by atoms with E-state index in [4.69, 9.17) is 5.73 Å². The van der Waals surface area contributed by atoms with Gasteiger partial charge in [-0.25, -0.2) is 0 Å². The predicted molar refractivity (Wildman–Crippen MR) is 191 cm³/mol. The van der Waals surface area contributed by atoms with Gasteiger partial charge in [0.25, 0.3) is 40.5 Å². The number of azo groups is 3. The number of nitrogen functional groups attached to an aromatic ring is 1. The van der Waals surface area contributed by atoms with Gasteiger partial charge in [-0.05, 0) is 80.1 Å². The van der Waals surface area contributed by atoms with Gasteiger partial charge in [0.05, 0.1) is 33.0 Å². The first kappa shape index (κ1) is 39.6. The van der Waals surface area contributed by atoms with E-state index >= 15 is 0 Å². The van der Waals surface area contributed by atoms with Gasteiger partial charge < -0.3 is 10.8 Å². The third kappa shape index (κ3) is 8.61. The number of fused-ring (bicyclic) bond motifs is 1. The van der Waals surface area contributed by atoms with Crippen LogP contribution in [0.25, 0.3) is 10.8 Å². The second-order valence-corrected chi connectivity index (χ2v) is 16.8. The number of phenols is 1. The van der Waals surface area contributed by atoms with Crippen LogP contribution in [0.2, 0.25) is 0 Å². The zero-order valence-corrected chi connectivity index (χ0v) is 30.6. The first-order valence-corrected chi connectivity index (χ1v) is 20.3. The van der Waals surface area contributed by atoms with Crippen LogP contribution in [0.4, 0.5) is 39.8 Å². The number of nitrogens with zero attached hydrogens (tertiary/aromatic N) is 6. The molecule has 0 aromatic heterocycles. The van der Waals surface area contributed by atoms with Crippen molar-refractivity contribution in [1.82, 2.24) is 0 Å². The van der Waals surface area contributed by atoms with Crippen molar-refractivity contribution in [1.29, 1.82) is 0 Å². The minimum absolute atomic E-state index is 0.0740. The molecular weight excluding hydrogens is 795 g/mol. The molecule has 20 nitrogen and oxygen atoms in total. The van der Waals surface area contributed by atoms with Crippen molar-refractivity contribution in [2.45, 2.75) is 33.4 Å². The first-order valence-electron chi connectivity index (χ1n) is 14.5. The maximum absolute atomic E-state index is 12.5. The van der Waals surface area contributed by atoms with Gasteiger partial charge in [-0.15, -0.1) is 15.3 Å². The zero-order chi connectivity index (χ0) is 40.0. The van der Waals surface area contributed by atoms with E-state index in [-0.39, 0.29) is 17.1 Å². The Labute approximate surface area is 306 Å². The molecule has 0 fully saturated rings. The highest BCUT2D eigenvalue weighted by Gasteiger charge is 2.28. The van der Waals surface area contributed by atoms with Gasteiger partial charge >= 0.3 is 0 Å². The lowest BCUT2D eigenvalue weighted by Crippen LogP contribution is -2.04. The van der Waals surface area contributed by atoms with Crippen LogP contribution in [0.3, 0.4) is 0 Å². The van der Waals surface area contributed by atoms with E-state index in [0.29, 0.717) is 23.8 Å². The number of hydrogen-bond acceptors (Lipinski definition) is 16. The summed E-state index contributed by atoms with van der Waals surface area (Å²) < 4.78 is 135. The Morgan fingerprint density at radius 2 is 1.07 bits per heavy atom. The van der Waals surface area contributed by atoms with Gasteiger partial charge in [0.1, 0.15) is 31.7 Å². The fourth-order valence-electron chi connectivity index (χ4n) is 4.80. The molecular formula is C30H25N7O13S4. The van der Waals surface area contributed by atoms with E-state index in [2.05, 4.69) is 30.7 Å². The van der Waals surface area contributed by atoms with Crippen LogP contribution in [0.15, 0.2) is 123 Å². The molecule has 7 N–H and O–H groups in total. The van der Waals surface area contributed by atoms with Gasteiger partial charge in [0.2, 0.25) is 0 Å². The molecule has 5 aromatic carbocycles. The van der Waals surface area contributed by atoms with Gasteiger partial charge in [0.15, 0.2) is 5.75 Å². The van der Waals surface area contributed by atoms with E-state index in [9.17, 15) is 57.0 Å². The molecule has 0 saturated carbocycles. The summed E-state index contributed by atoms with van der Waals surface area (Å²) in [6.07, 6.45) is 0. The van der Waals surface area contributed by atoms with E-state index < -0.39 is 99.3 Å². The average molecular weight is 820 g/mol. The van der Waals surface area contributed by atoms with Crippen LogP contribution >= 0.6 is 0 Å². The summed E-state index contributed by atoms with van der Waals surface area (Å²) in [5.74, 6) is -1.04. The fourth-order valence-corrected chi connectivity index (χ4v) is 7.26. The molecule has 0 spiro atoms. The van der Waals surface area contributed by atoms with Crippen molar-refractivity contribution in [2.75, 3.05) is 5.73 Å². The van der Waals surface area contributed by atoms with Gasteiger partial charge in [-0.3, -0.25) is 18.2 Å². The highest BCUT2D eigenvalue weighted by molar-refractivity contribution is 7.87. The predicted octanol–water partition coefficient (Wildman–Crippen LogP) is 6.98. The zero-order valence-electron chi connectivity index (χ0n) is 27.3. The number of anilines is 1. The van der Waals surface area contributed by atoms with Crippen LogP contribution in [0.1, 0.15) is 11.1 Å². The Bertz CT molecular complexity index is 2920. The smallest absolute Gasteiger partial charge is 0.296 e. The molecule has 0 bridgehead atoms. The maximum Gasteiger partial charge on any atom is 0.296 e. The lowest BCUT2D eigenvalue weighted by atomic mass is 10.0. The number of phenolic OH excluding ortho intramolecular Hbond substituents is 1. The Morgan fingerprint density at radius 3 is 1.65 bits per heavy atom. The van der Waals surface area contributed by atoms with E-state index in [1.807, 2.05) is 0 Å². The lowest BCUT2D eigenvalue weighted by Gasteiger charge is -2.14. The summed E-state index contributed by atoms with van der Waals surface area (Å²) in [5.41, 5.74) is 5.47. The second-order valence-electron chi connectivity index (χ2n) is 11.2. The molecule has 0 amide bonds. The number of nitrogens with two attached hydrogens (primary N) is 1. The monoisotopic (exact) mass is 819 g/mol. The molecule has 0 heterocycles. The molecule has 24 heteroatoms. The SMILES string of the molecule is Cc1ccc(N=Nc2c(S(=O)(=O)O)cc3c(S(=O)(=O)O)cc(N=Nc4ccc(N=Nc5cc(S(=O)(=O)O)ccc5S(=O)(=O)O)c(C)c4)c(N)c3c2O)cc1. The van der Waals surface area contributed by atoms with Crippen molar-refractivity contribution < 1.29 is 57.0 Å². The normalized spacial score (nSPS) is 13.1. The summed E-state index contributed by atoms with van der Waals surface area (Å²) in [4.78, 5) is -3.57. The van der Waals surface area contributed by atoms with Crippen molar-refractivity contribution in [3.05, 3.63) is 83.9 Å². The van der Waals surface area contributed by atoms with E-state index in [0.717, 1.165) is 17.7 Å². The molecule has 0 aliphatic rings. The minimum Gasteiger partial charge on any atom is -0.505 e. The topological polar surface area (TPSA) is 338 Å². The Balaban J connectivity index is 1.60. The first-order chi connectivity index (χ1) is 24.9. The molecule has 5 aromatic rings. The number of rotatable bonds is 10. The van der Waals surface area contributed by atoms with E-state index in [1.165, 1.54) is 37.3 Å². The highest BCUT2D eigenvalue weighted by atomic mass is 32.2. The number of benzene rings is 5. The molecule has 282 valence electrons. The highest BCUT2D eigenvalue weighted by Crippen LogP contribution is 2.48. The Kier molecular flexibility index (Phi) is 10.5. The summed E-state index contributed by atoms with van der Waals surface area (Å²) >= 11 is 0. The third-order valence-corrected chi connectivity index (χ3v) is 10.9. The summed E-state index contributed by atoms with van der Waals surface area (Å²) in [7, 11) is -20.1. The number of aromatic hydroxyl groups is 1. The summed E-state index contributed by atoms with van der Waals surface area (Å²) in [5, 5.41) is 33.3. The van der Waals surface area contributed by atoms with Crippen molar-refractivity contribution in [3.8, 4) is 5.75 Å². The van der Waals surface area contributed by atoms with E-state index in [1.54, 1.807) is 19.1 Å². The third-order valence-electron chi connectivity index (χ3n) is 7.40. The van der Waals surface area contributed by atoms with Crippen LogP contribution in [0, 0.1) is 13.8 Å². The van der Waals surface area contributed by atoms with Crippen LogP contribution in [0.5, 0.6) is 5.75 Å². The number of hydrogen-bond donors (Lipinski definition) is 6. The lowest BCUT2D eigenvalue weighted by molar-refractivity contribution is 0.471. The number of aryl methyl sites for hydroxylation is 2.